The van der Waals surface area contributed by atoms with Crippen LogP contribution in [0.2, 0.25) is 5.02 Å². The number of methoxy groups -OCH3 is 1. The highest BCUT2D eigenvalue weighted by atomic mass is 35.5. The number of anilines is 1. The third kappa shape index (κ3) is 5.32. The summed E-state index contributed by atoms with van der Waals surface area (Å²) in [5.74, 6) is -1.14. The summed E-state index contributed by atoms with van der Waals surface area (Å²) in [6.45, 7) is 1.74. The summed E-state index contributed by atoms with van der Waals surface area (Å²) in [7, 11) is 1.25. The Labute approximate surface area is 156 Å². The Morgan fingerprint density at radius 3 is 2.46 bits per heavy atom. The highest BCUT2D eigenvalue weighted by Gasteiger charge is 2.15. The quantitative estimate of drug-likeness (QED) is 0.760. The smallest absolute Gasteiger partial charge is 0.339 e. The Balaban J connectivity index is 1.94. The van der Waals surface area contributed by atoms with Crippen LogP contribution < -0.4 is 10.6 Å². The molecule has 2 N–H and O–H groups in total. The first-order chi connectivity index (χ1) is 12.4. The van der Waals surface area contributed by atoms with Gasteiger partial charge in [0.05, 0.1) is 17.7 Å². The second-order valence-electron chi connectivity index (χ2n) is 5.68. The second-order valence-corrected chi connectivity index (χ2v) is 6.09. The van der Waals surface area contributed by atoms with Crippen LogP contribution in [0.1, 0.15) is 34.1 Å². The molecule has 0 saturated carbocycles. The Kier molecular flexibility index (Phi) is 6.74. The van der Waals surface area contributed by atoms with Crippen LogP contribution in [0, 0.1) is 0 Å². The molecule has 2 rings (SSSR count). The molecule has 0 aliphatic heterocycles. The molecule has 0 bridgehead atoms. The molecular formula is C19H19ClN2O4. The molecule has 0 spiro atoms. The van der Waals surface area contributed by atoms with Crippen molar-refractivity contribution in [3.05, 3.63) is 64.7 Å². The average Bonchev–Trinajstić information content (AvgIpc) is 2.63. The van der Waals surface area contributed by atoms with Gasteiger partial charge >= 0.3 is 5.97 Å². The predicted octanol–water partition coefficient (Wildman–Crippen LogP) is 3.27. The maximum absolute atomic E-state index is 12.2. The van der Waals surface area contributed by atoms with Crippen molar-refractivity contribution in [2.75, 3.05) is 12.4 Å². The van der Waals surface area contributed by atoms with Crippen LogP contribution in [-0.4, -0.2) is 30.9 Å². The van der Waals surface area contributed by atoms with E-state index in [2.05, 4.69) is 15.4 Å². The minimum atomic E-state index is -0.588. The molecule has 7 heteroatoms. The zero-order valence-corrected chi connectivity index (χ0v) is 15.2. The number of benzene rings is 2. The number of rotatable bonds is 6. The lowest BCUT2D eigenvalue weighted by molar-refractivity contribution is -0.116. The lowest BCUT2D eigenvalue weighted by atomic mass is 10.1. The molecule has 0 saturated heterocycles. The van der Waals surface area contributed by atoms with Gasteiger partial charge in [0.2, 0.25) is 5.91 Å². The molecule has 0 fully saturated rings. The van der Waals surface area contributed by atoms with Gasteiger partial charge < -0.3 is 15.4 Å². The lowest BCUT2D eigenvalue weighted by Gasteiger charge is -2.14. The van der Waals surface area contributed by atoms with E-state index in [0.29, 0.717) is 11.3 Å². The summed E-state index contributed by atoms with van der Waals surface area (Å²) in [6, 6.07) is 12.9. The standard InChI is InChI=1S/C19H19ClN2O4/c1-12(21-18(24)13-6-4-3-5-7-13)10-17(23)22-14-8-9-16(20)15(11-14)19(25)26-2/h3-9,11-12H,10H2,1-2H3,(H,21,24)(H,22,23). The average molecular weight is 375 g/mol. The normalized spacial score (nSPS) is 11.3. The summed E-state index contributed by atoms with van der Waals surface area (Å²) < 4.78 is 4.64. The van der Waals surface area contributed by atoms with Gasteiger partial charge in [0.1, 0.15) is 0 Å². The van der Waals surface area contributed by atoms with Gasteiger partial charge in [-0.05, 0) is 37.3 Å². The van der Waals surface area contributed by atoms with Crippen molar-refractivity contribution in [1.29, 1.82) is 0 Å². The third-order valence-corrected chi connectivity index (χ3v) is 3.89. The number of amides is 2. The van der Waals surface area contributed by atoms with Crippen LogP contribution >= 0.6 is 11.6 Å². The third-order valence-electron chi connectivity index (χ3n) is 3.56. The number of halogens is 1. The van der Waals surface area contributed by atoms with E-state index in [4.69, 9.17) is 11.6 Å². The highest BCUT2D eigenvalue weighted by Crippen LogP contribution is 2.21. The molecule has 2 aromatic carbocycles. The molecule has 0 aromatic heterocycles. The van der Waals surface area contributed by atoms with E-state index >= 15 is 0 Å². The molecule has 0 aliphatic carbocycles. The molecular weight excluding hydrogens is 356 g/mol. The molecule has 1 unspecified atom stereocenters. The topological polar surface area (TPSA) is 84.5 Å². The zero-order valence-electron chi connectivity index (χ0n) is 14.4. The number of ether oxygens (including phenoxy) is 1. The predicted molar refractivity (Wildman–Crippen MR) is 99.4 cm³/mol. The molecule has 0 aliphatic rings. The molecule has 2 amide bonds. The number of nitrogens with one attached hydrogen (secondary N) is 2. The van der Waals surface area contributed by atoms with Gasteiger partial charge in [-0.25, -0.2) is 4.79 Å². The van der Waals surface area contributed by atoms with E-state index in [0.717, 1.165) is 0 Å². The van der Waals surface area contributed by atoms with Crippen molar-refractivity contribution in [3.8, 4) is 0 Å². The summed E-state index contributed by atoms with van der Waals surface area (Å²) in [4.78, 5) is 35.9. The van der Waals surface area contributed by atoms with Gasteiger partial charge in [0.25, 0.3) is 5.91 Å². The first-order valence-electron chi connectivity index (χ1n) is 7.94. The van der Waals surface area contributed by atoms with Crippen LogP contribution in [0.4, 0.5) is 5.69 Å². The van der Waals surface area contributed by atoms with Crippen molar-refractivity contribution in [1.82, 2.24) is 5.32 Å². The number of esters is 1. The van der Waals surface area contributed by atoms with Crippen LogP contribution in [0.3, 0.4) is 0 Å². The number of carbonyl (C=O) groups excluding carboxylic acids is 3. The monoisotopic (exact) mass is 374 g/mol. The van der Waals surface area contributed by atoms with Gasteiger partial charge in [-0.2, -0.15) is 0 Å². The van der Waals surface area contributed by atoms with Crippen molar-refractivity contribution in [2.24, 2.45) is 0 Å². The van der Waals surface area contributed by atoms with Crippen LogP contribution in [-0.2, 0) is 9.53 Å². The summed E-state index contributed by atoms with van der Waals surface area (Å²) in [6.07, 6.45) is 0.0781. The number of hydrogen-bond acceptors (Lipinski definition) is 4. The second kappa shape index (κ2) is 9.01. The van der Waals surface area contributed by atoms with Gasteiger partial charge in [-0.3, -0.25) is 9.59 Å². The van der Waals surface area contributed by atoms with Gasteiger partial charge in [0.15, 0.2) is 0 Å². The number of hydrogen-bond donors (Lipinski definition) is 2. The maximum atomic E-state index is 12.2. The highest BCUT2D eigenvalue weighted by molar-refractivity contribution is 6.33. The Morgan fingerprint density at radius 2 is 1.81 bits per heavy atom. The minimum absolute atomic E-state index is 0.0781. The van der Waals surface area contributed by atoms with Crippen molar-refractivity contribution in [3.63, 3.8) is 0 Å². The van der Waals surface area contributed by atoms with Crippen LogP contribution in [0.15, 0.2) is 48.5 Å². The Bertz CT molecular complexity index is 808. The van der Waals surface area contributed by atoms with Crippen LogP contribution in [0.5, 0.6) is 0 Å². The van der Waals surface area contributed by atoms with Gasteiger partial charge in [-0.1, -0.05) is 29.8 Å². The molecule has 0 heterocycles. The minimum Gasteiger partial charge on any atom is -0.465 e. The number of carbonyl (C=O) groups is 3. The fraction of sp³-hybridized carbons (Fsp3) is 0.211. The van der Waals surface area contributed by atoms with E-state index in [1.165, 1.54) is 19.2 Å². The lowest BCUT2D eigenvalue weighted by Crippen LogP contribution is -2.35. The molecule has 6 nitrogen and oxygen atoms in total. The van der Waals surface area contributed by atoms with E-state index in [9.17, 15) is 14.4 Å². The summed E-state index contributed by atoms with van der Waals surface area (Å²) in [5.41, 5.74) is 1.11. The van der Waals surface area contributed by atoms with Crippen molar-refractivity contribution < 1.29 is 19.1 Å². The maximum Gasteiger partial charge on any atom is 0.339 e. The first-order valence-corrected chi connectivity index (χ1v) is 8.32. The van der Waals surface area contributed by atoms with Crippen molar-refractivity contribution >= 4 is 35.1 Å². The van der Waals surface area contributed by atoms with E-state index in [1.807, 2.05) is 6.07 Å². The molecule has 1 atom stereocenters. The molecule has 0 radical (unpaired) electrons. The fourth-order valence-corrected chi connectivity index (χ4v) is 2.50. The molecule has 136 valence electrons. The fourth-order valence-electron chi connectivity index (χ4n) is 2.31. The summed E-state index contributed by atoms with van der Waals surface area (Å²) in [5, 5.41) is 5.68. The van der Waals surface area contributed by atoms with Gasteiger partial charge in [0, 0.05) is 23.7 Å². The summed E-state index contributed by atoms with van der Waals surface area (Å²) >= 11 is 5.95. The Morgan fingerprint density at radius 1 is 1.12 bits per heavy atom. The van der Waals surface area contributed by atoms with E-state index < -0.39 is 5.97 Å². The molecule has 26 heavy (non-hydrogen) atoms. The van der Waals surface area contributed by atoms with Crippen molar-refractivity contribution in [2.45, 2.75) is 19.4 Å². The zero-order chi connectivity index (χ0) is 19.1. The largest absolute Gasteiger partial charge is 0.465 e. The molecule has 2 aromatic rings. The van der Waals surface area contributed by atoms with E-state index in [-0.39, 0.29) is 34.9 Å². The van der Waals surface area contributed by atoms with Gasteiger partial charge in [-0.15, -0.1) is 0 Å². The SMILES string of the molecule is COC(=O)c1cc(NC(=O)CC(C)NC(=O)c2ccccc2)ccc1Cl. The van der Waals surface area contributed by atoms with E-state index in [1.54, 1.807) is 37.3 Å². The Hall–Kier alpha value is -2.86. The van der Waals surface area contributed by atoms with Crippen LogP contribution in [0.25, 0.3) is 0 Å². The first kappa shape index (κ1) is 19.5.